The van der Waals surface area contributed by atoms with Crippen LogP contribution in [0.4, 0.5) is 0 Å². The van der Waals surface area contributed by atoms with Crippen molar-refractivity contribution < 1.29 is 22.6 Å². The molecule has 1 unspecified atom stereocenters. The third-order valence-corrected chi connectivity index (χ3v) is 7.50. The van der Waals surface area contributed by atoms with E-state index in [0.717, 1.165) is 4.34 Å². The van der Waals surface area contributed by atoms with Gasteiger partial charge in [0.25, 0.3) is 11.4 Å². The molecular weight excluding hydrogens is 352 g/mol. The second-order valence-electron chi connectivity index (χ2n) is 4.93. The van der Waals surface area contributed by atoms with Crippen LogP contribution in [0.15, 0.2) is 9.85 Å². The van der Waals surface area contributed by atoms with Crippen molar-refractivity contribution in [2.45, 2.75) is 22.8 Å². The van der Waals surface area contributed by atoms with Crippen LogP contribution in [0.3, 0.4) is 0 Å². The predicted octanol–water partition coefficient (Wildman–Crippen LogP) is -0.531. The summed E-state index contributed by atoms with van der Waals surface area (Å²) in [5.74, 6) is -0.866. The molecular formula is C10H13N4O5S3+. The molecule has 2 aliphatic rings. The zero-order valence-corrected chi connectivity index (χ0v) is 13.9. The molecule has 120 valence electrons. The minimum atomic E-state index is -4.55. The van der Waals surface area contributed by atoms with Gasteiger partial charge in [0.1, 0.15) is 12.3 Å². The van der Waals surface area contributed by atoms with Gasteiger partial charge in [-0.1, -0.05) is 10.2 Å². The quantitative estimate of drug-likeness (QED) is 0.327. The first-order valence-corrected chi connectivity index (χ1v) is 10.4. The van der Waals surface area contributed by atoms with E-state index in [4.69, 9.17) is 4.55 Å². The van der Waals surface area contributed by atoms with Gasteiger partial charge in [0.05, 0.1) is 11.8 Å². The Labute approximate surface area is 133 Å². The highest BCUT2D eigenvalue weighted by molar-refractivity contribution is 8.02. The highest BCUT2D eigenvalue weighted by atomic mass is 32.2. The summed E-state index contributed by atoms with van der Waals surface area (Å²) >= 11 is 1.28. The number of β-lactam (4-membered cyclic amide) rings is 1. The second kappa shape index (κ2) is 5.44. The monoisotopic (exact) mass is 365 g/mol. The molecule has 22 heavy (non-hydrogen) atoms. The van der Waals surface area contributed by atoms with Crippen molar-refractivity contribution in [1.82, 2.24) is 19.4 Å². The maximum atomic E-state index is 12.2. The van der Waals surface area contributed by atoms with Gasteiger partial charge in [0, 0.05) is 17.0 Å². The molecule has 2 saturated heterocycles. The standard InChI is InChI=1S/C10H12N4O5S3/c1-21-5-11-12-10(21)20-4-7(15)13-3-2-6-8(13)9(16)14(6)22(17,18)19/h5-6,8H,2-4H2,1H3/p+1/t6-,8+,21?/m1/s1. The zero-order valence-electron chi connectivity index (χ0n) is 11.4. The Bertz CT molecular complexity index is 733. The third-order valence-electron chi connectivity index (χ3n) is 3.65. The molecule has 9 nitrogen and oxygen atoms in total. The van der Waals surface area contributed by atoms with Crippen molar-refractivity contribution in [3.05, 3.63) is 5.51 Å². The Kier molecular flexibility index (Phi) is 3.87. The van der Waals surface area contributed by atoms with E-state index < -0.39 is 28.3 Å². The number of aromatic nitrogens is 2. The molecule has 1 aromatic rings. The summed E-state index contributed by atoms with van der Waals surface area (Å²) in [4.78, 5) is 25.5. The van der Waals surface area contributed by atoms with Gasteiger partial charge >= 0.3 is 14.6 Å². The van der Waals surface area contributed by atoms with Crippen LogP contribution in [0.2, 0.25) is 0 Å². The number of hydrogen-bond acceptors (Lipinski definition) is 7. The highest BCUT2D eigenvalue weighted by Crippen LogP contribution is 2.36. The number of hydrogen-bond donors (Lipinski definition) is 1. The minimum absolute atomic E-state index is 0.127. The molecule has 0 saturated carbocycles. The first-order chi connectivity index (χ1) is 10.3. The summed E-state index contributed by atoms with van der Waals surface area (Å²) in [7, 11) is -4.74. The lowest BCUT2D eigenvalue weighted by Crippen LogP contribution is -2.68. The van der Waals surface area contributed by atoms with Gasteiger partial charge in [-0.25, -0.2) is 4.31 Å². The molecule has 0 aromatic carbocycles. The summed E-state index contributed by atoms with van der Waals surface area (Å²) in [5, 5.41) is 7.71. The molecule has 0 radical (unpaired) electrons. The van der Waals surface area contributed by atoms with E-state index in [0.29, 0.717) is 17.3 Å². The van der Waals surface area contributed by atoms with E-state index in [-0.39, 0.29) is 22.1 Å². The second-order valence-corrected chi connectivity index (χ2v) is 9.16. The number of thioether (sulfide) groups is 1. The lowest BCUT2D eigenvalue weighted by molar-refractivity contribution is -0.150. The number of nitrogens with zero attached hydrogens (tertiary/aromatic N) is 4. The first kappa shape index (κ1) is 15.6. The molecule has 0 spiro atoms. The van der Waals surface area contributed by atoms with E-state index in [1.165, 1.54) is 16.7 Å². The highest BCUT2D eigenvalue weighted by Gasteiger charge is 2.59. The average molecular weight is 365 g/mol. The molecule has 0 bridgehead atoms. The average Bonchev–Trinajstić information content (AvgIpc) is 2.98. The van der Waals surface area contributed by atoms with Crippen LogP contribution in [0.1, 0.15) is 6.42 Å². The van der Waals surface area contributed by atoms with E-state index in [9.17, 15) is 18.0 Å². The SMILES string of the molecule is C[s+]1cnnc1SCC(=O)N1CC[C@@H]2[C@H]1C(=O)N2S(=O)(=O)O. The summed E-state index contributed by atoms with van der Waals surface area (Å²) in [6.45, 7) is 0.299. The normalized spacial score (nSPS) is 25.2. The Morgan fingerprint density at radius 1 is 1.59 bits per heavy atom. The number of rotatable bonds is 4. The lowest BCUT2D eigenvalue weighted by Gasteiger charge is -2.42. The smallest absolute Gasteiger partial charge is 0.328 e. The molecule has 1 aromatic heterocycles. The van der Waals surface area contributed by atoms with Crippen molar-refractivity contribution in [2.24, 2.45) is 6.26 Å². The Morgan fingerprint density at radius 3 is 2.91 bits per heavy atom. The predicted molar refractivity (Wildman–Crippen MR) is 78.5 cm³/mol. The number of amides is 2. The molecule has 2 aliphatic heterocycles. The maximum absolute atomic E-state index is 12.2. The van der Waals surface area contributed by atoms with Gasteiger partial charge in [-0.3, -0.25) is 14.1 Å². The number of aryl methyl sites for hydroxylation is 1. The van der Waals surface area contributed by atoms with Gasteiger partial charge < -0.3 is 4.90 Å². The van der Waals surface area contributed by atoms with Crippen molar-refractivity contribution in [1.29, 1.82) is 0 Å². The fraction of sp³-hybridized carbons (Fsp3) is 0.600. The largest absolute Gasteiger partial charge is 0.362 e. The number of carbonyl (C=O) groups is 2. The van der Waals surface area contributed by atoms with Crippen molar-refractivity contribution in [3.8, 4) is 0 Å². The molecule has 12 heteroatoms. The molecule has 3 atom stereocenters. The molecule has 2 fully saturated rings. The van der Waals surface area contributed by atoms with E-state index >= 15 is 0 Å². The summed E-state index contributed by atoms with van der Waals surface area (Å²) in [5.41, 5.74) is 1.71. The van der Waals surface area contributed by atoms with E-state index in [1.54, 1.807) is 5.51 Å². The first-order valence-electron chi connectivity index (χ1n) is 6.29. The van der Waals surface area contributed by atoms with Gasteiger partial charge in [-0.15, -0.1) is 0 Å². The fourth-order valence-corrected chi connectivity index (χ4v) is 5.59. The molecule has 0 aliphatic carbocycles. The van der Waals surface area contributed by atoms with Crippen LogP contribution >= 0.6 is 22.2 Å². The Hall–Kier alpha value is -1.24. The van der Waals surface area contributed by atoms with E-state index in [2.05, 4.69) is 10.2 Å². The van der Waals surface area contributed by atoms with Crippen LogP contribution in [-0.4, -0.2) is 68.6 Å². The Balaban J connectivity index is 1.64. The number of likely N-dealkylation sites (tertiary alicyclic amines) is 1. The van der Waals surface area contributed by atoms with Crippen molar-refractivity contribution >= 4 is 44.4 Å². The number of carbonyl (C=O) groups excluding carboxylic acids is 2. The minimum Gasteiger partial charge on any atom is -0.328 e. The van der Waals surface area contributed by atoms with Crippen LogP contribution in [0, 0.1) is 0 Å². The molecule has 3 rings (SSSR count). The molecule has 3 heterocycles. The fourth-order valence-electron chi connectivity index (χ4n) is 2.67. The topological polar surface area (TPSA) is 121 Å². The Morgan fingerprint density at radius 2 is 2.32 bits per heavy atom. The van der Waals surface area contributed by atoms with Gasteiger partial charge in [0.2, 0.25) is 5.91 Å². The summed E-state index contributed by atoms with van der Waals surface area (Å²) < 4.78 is 32.4. The molecule has 1 N–H and O–H groups in total. The molecule has 2 amide bonds. The lowest BCUT2D eigenvalue weighted by atomic mass is 10.0. The summed E-state index contributed by atoms with van der Waals surface area (Å²) in [6, 6.07) is -1.43. The van der Waals surface area contributed by atoms with E-state index in [1.807, 2.05) is 6.26 Å². The van der Waals surface area contributed by atoms with Crippen molar-refractivity contribution in [2.75, 3.05) is 12.3 Å². The van der Waals surface area contributed by atoms with Crippen LogP contribution in [0.25, 0.3) is 0 Å². The van der Waals surface area contributed by atoms with Crippen LogP contribution in [-0.2, 0) is 26.1 Å². The van der Waals surface area contributed by atoms with Crippen LogP contribution in [0.5, 0.6) is 0 Å². The zero-order chi connectivity index (χ0) is 16.1. The van der Waals surface area contributed by atoms with Gasteiger partial charge in [0.15, 0.2) is 0 Å². The van der Waals surface area contributed by atoms with Crippen molar-refractivity contribution in [3.63, 3.8) is 0 Å². The number of fused-ring (bicyclic) bond motifs is 1. The third kappa shape index (κ3) is 2.49. The van der Waals surface area contributed by atoms with Gasteiger partial charge in [-0.2, -0.15) is 8.42 Å². The van der Waals surface area contributed by atoms with Crippen LogP contribution < -0.4 is 0 Å². The summed E-state index contributed by atoms with van der Waals surface area (Å²) in [6.07, 6.45) is 2.28. The maximum Gasteiger partial charge on any atom is 0.362 e. The van der Waals surface area contributed by atoms with Gasteiger partial charge in [-0.05, 0) is 18.2 Å².